The van der Waals surface area contributed by atoms with Crippen molar-refractivity contribution in [2.45, 2.75) is 6.54 Å². The summed E-state index contributed by atoms with van der Waals surface area (Å²) in [5.74, 6) is 0.845. The molecule has 0 spiro atoms. The minimum Gasteiger partial charge on any atom is -0.497 e. The van der Waals surface area contributed by atoms with Gasteiger partial charge in [-0.2, -0.15) is 0 Å². The number of hydrogen-bond donors (Lipinski definition) is 1. The lowest BCUT2D eigenvalue weighted by molar-refractivity contribution is 0.415. The van der Waals surface area contributed by atoms with Crippen LogP contribution in [0.3, 0.4) is 0 Å². The highest BCUT2D eigenvalue weighted by molar-refractivity contribution is 5.65. The van der Waals surface area contributed by atoms with Gasteiger partial charge in [-0.1, -0.05) is 0 Å². The third kappa shape index (κ3) is 2.43. The van der Waals surface area contributed by atoms with E-state index in [1.807, 2.05) is 43.6 Å². The third-order valence-corrected chi connectivity index (χ3v) is 2.93. The second-order valence-corrected chi connectivity index (χ2v) is 3.97. The lowest BCUT2D eigenvalue weighted by Gasteiger charge is -2.21. The lowest BCUT2D eigenvalue weighted by Crippen LogP contribution is -2.13. The van der Waals surface area contributed by atoms with Gasteiger partial charge in [-0.25, -0.2) is 0 Å². The molecule has 1 aromatic heterocycles. The maximum atomic E-state index is 5.74. The molecule has 0 aliphatic rings. The van der Waals surface area contributed by atoms with E-state index in [0.717, 1.165) is 22.7 Å². The van der Waals surface area contributed by atoms with Crippen molar-refractivity contribution in [3.05, 3.63) is 48.3 Å². The fraction of sp³-hybridized carbons (Fsp3) is 0.214. The summed E-state index contributed by atoms with van der Waals surface area (Å²) in [7, 11) is 3.66. The van der Waals surface area contributed by atoms with E-state index in [1.165, 1.54) is 0 Å². The standard InChI is InChI=1S/C14H17N3O/c1-17(12-3-5-13(18-2)6-4-12)14-10-16-8-7-11(14)9-15/h3-8,10H,9,15H2,1-2H3. The first-order chi connectivity index (χ1) is 8.76. The molecule has 2 rings (SSSR count). The van der Waals surface area contributed by atoms with Gasteiger partial charge in [-0.15, -0.1) is 0 Å². The predicted molar refractivity (Wildman–Crippen MR) is 73.2 cm³/mol. The van der Waals surface area contributed by atoms with Gasteiger partial charge in [-0.3, -0.25) is 4.98 Å². The Morgan fingerprint density at radius 2 is 1.94 bits per heavy atom. The Hall–Kier alpha value is -2.07. The summed E-state index contributed by atoms with van der Waals surface area (Å²) in [5.41, 5.74) is 8.90. The van der Waals surface area contributed by atoms with E-state index >= 15 is 0 Å². The van der Waals surface area contributed by atoms with E-state index in [2.05, 4.69) is 9.88 Å². The van der Waals surface area contributed by atoms with Gasteiger partial charge in [0, 0.05) is 25.5 Å². The normalized spacial score (nSPS) is 10.2. The van der Waals surface area contributed by atoms with Crippen molar-refractivity contribution in [2.75, 3.05) is 19.1 Å². The van der Waals surface area contributed by atoms with Crippen molar-refractivity contribution in [3.8, 4) is 5.75 Å². The molecule has 4 heteroatoms. The molecule has 0 saturated heterocycles. The number of hydrogen-bond acceptors (Lipinski definition) is 4. The third-order valence-electron chi connectivity index (χ3n) is 2.93. The Morgan fingerprint density at radius 1 is 1.22 bits per heavy atom. The number of rotatable bonds is 4. The Labute approximate surface area is 107 Å². The summed E-state index contributed by atoms with van der Waals surface area (Å²) in [6, 6.07) is 9.82. The van der Waals surface area contributed by atoms with Gasteiger partial charge in [0.25, 0.3) is 0 Å². The summed E-state index contributed by atoms with van der Waals surface area (Å²) in [6.07, 6.45) is 3.58. The first-order valence-corrected chi connectivity index (χ1v) is 5.77. The lowest BCUT2D eigenvalue weighted by atomic mass is 10.2. The molecule has 94 valence electrons. The zero-order chi connectivity index (χ0) is 13.0. The highest BCUT2D eigenvalue weighted by atomic mass is 16.5. The van der Waals surface area contributed by atoms with Gasteiger partial charge in [-0.05, 0) is 35.9 Å². The average Bonchev–Trinajstić information content (AvgIpc) is 2.46. The fourth-order valence-electron chi connectivity index (χ4n) is 1.83. The topological polar surface area (TPSA) is 51.4 Å². The first-order valence-electron chi connectivity index (χ1n) is 5.77. The van der Waals surface area contributed by atoms with Gasteiger partial charge in [0.2, 0.25) is 0 Å². The van der Waals surface area contributed by atoms with Gasteiger partial charge in [0.1, 0.15) is 5.75 Å². The van der Waals surface area contributed by atoms with Gasteiger partial charge >= 0.3 is 0 Å². The van der Waals surface area contributed by atoms with Crippen LogP contribution < -0.4 is 15.4 Å². The summed E-state index contributed by atoms with van der Waals surface area (Å²) < 4.78 is 5.15. The van der Waals surface area contributed by atoms with Crippen LogP contribution >= 0.6 is 0 Å². The molecule has 0 aliphatic carbocycles. The molecule has 0 radical (unpaired) electrons. The number of ether oxygens (including phenoxy) is 1. The van der Waals surface area contributed by atoms with Gasteiger partial charge < -0.3 is 15.4 Å². The van der Waals surface area contributed by atoms with Crippen LogP contribution in [0.2, 0.25) is 0 Å². The van der Waals surface area contributed by atoms with Crippen molar-refractivity contribution in [1.29, 1.82) is 0 Å². The monoisotopic (exact) mass is 243 g/mol. The zero-order valence-corrected chi connectivity index (χ0v) is 10.6. The maximum absolute atomic E-state index is 5.74. The average molecular weight is 243 g/mol. The molecule has 2 aromatic rings. The van der Waals surface area contributed by atoms with E-state index in [4.69, 9.17) is 10.5 Å². The smallest absolute Gasteiger partial charge is 0.119 e. The summed E-state index contributed by atoms with van der Waals surface area (Å²) in [4.78, 5) is 6.22. The van der Waals surface area contributed by atoms with E-state index in [-0.39, 0.29) is 0 Å². The first kappa shape index (κ1) is 12.4. The number of anilines is 2. The SMILES string of the molecule is COc1ccc(N(C)c2cnccc2CN)cc1. The molecule has 0 aliphatic heterocycles. The van der Waals surface area contributed by atoms with Crippen molar-refractivity contribution < 1.29 is 4.74 Å². The van der Waals surface area contributed by atoms with Crippen LogP contribution in [0.4, 0.5) is 11.4 Å². The van der Waals surface area contributed by atoms with Crippen LogP contribution in [-0.2, 0) is 6.54 Å². The summed E-state index contributed by atoms with van der Waals surface area (Å²) in [6.45, 7) is 0.498. The molecule has 0 bridgehead atoms. The number of benzene rings is 1. The van der Waals surface area contributed by atoms with Crippen LogP contribution in [-0.4, -0.2) is 19.1 Å². The molecule has 0 saturated carbocycles. The second-order valence-electron chi connectivity index (χ2n) is 3.97. The van der Waals surface area contributed by atoms with Crippen LogP contribution in [0.5, 0.6) is 5.75 Å². The maximum Gasteiger partial charge on any atom is 0.119 e. The molecule has 2 N–H and O–H groups in total. The number of pyridine rings is 1. The Balaban J connectivity index is 2.31. The van der Waals surface area contributed by atoms with Crippen LogP contribution in [0.1, 0.15) is 5.56 Å². The summed E-state index contributed by atoms with van der Waals surface area (Å²) in [5, 5.41) is 0. The Kier molecular flexibility index (Phi) is 3.79. The Morgan fingerprint density at radius 3 is 2.56 bits per heavy atom. The molecule has 0 unspecified atom stereocenters. The minimum atomic E-state index is 0.498. The largest absolute Gasteiger partial charge is 0.497 e. The zero-order valence-electron chi connectivity index (χ0n) is 10.6. The molecule has 0 amide bonds. The van der Waals surface area contributed by atoms with Crippen LogP contribution in [0.15, 0.2) is 42.7 Å². The Bertz CT molecular complexity index is 511. The molecule has 1 aromatic carbocycles. The number of nitrogens with zero attached hydrogens (tertiary/aromatic N) is 2. The van der Waals surface area contributed by atoms with E-state index in [0.29, 0.717) is 6.54 Å². The number of aromatic nitrogens is 1. The molecule has 0 fully saturated rings. The molecular weight excluding hydrogens is 226 g/mol. The van der Waals surface area contributed by atoms with Crippen molar-refractivity contribution in [2.24, 2.45) is 5.73 Å². The molecule has 4 nitrogen and oxygen atoms in total. The van der Waals surface area contributed by atoms with Gasteiger partial charge in [0.05, 0.1) is 19.0 Å². The quantitative estimate of drug-likeness (QED) is 0.895. The van der Waals surface area contributed by atoms with Crippen molar-refractivity contribution in [1.82, 2.24) is 4.98 Å². The van der Waals surface area contributed by atoms with Crippen LogP contribution in [0.25, 0.3) is 0 Å². The fourth-order valence-corrected chi connectivity index (χ4v) is 1.83. The molecule has 0 atom stereocenters. The van der Waals surface area contributed by atoms with Crippen molar-refractivity contribution >= 4 is 11.4 Å². The van der Waals surface area contributed by atoms with E-state index in [9.17, 15) is 0 Å². The highest BCUT2D eigenvalue weighted by Gasteiger charge is 2.08. The number of methoxy groups -OCH3 is 1. The van der Waals surface area contributed by atoms with E-state index < -0.39 is 0 Å². The van der Waals surface area contributed by atoms with E-state index in [1.54, 1.807) is 13.3 Å². The highest BCUT2D eigenvalue weighted by Crippen LogP contribution is 2.27. The molecular formula is C14H17N3O. The second kappa shape index (κ2) is 5.51. The molecule has 18 heavy (non-hydrogen) atoms. The minimum absolute atomic E-state index is 0.498. The number of nitrogens with two attached hydrogens (primary N) is 1. The summed E-state index contributed by atoms with van der Waals surface area (Å²) >= 11 is 0. The van der Waals surface area contributed by atoms with Crippen LogP contribution in [0, 0.1) is 0 Å². The van der Waals surface area contributed by atoms with Crippen molar-refractivity contribution in [3.63, 3.8) is 0 Å². The predicted octanol–water partition coefficient (Wildman–Crippen LogP) is 2.32. The van der Waals surface area contributed by atoms with Gasteiger partial charge in [0.15, 0.2) is 0 Å². The molecule has 1 heterocycles.